The molecule has 0 fully saturated rings. The van der Waals surface area contributed by atoms with Crippen LogP contribution in [0.2, 0.25) is 0 Å². The van der Waals surface area contributed by atoms with Crippen LogP contribution in [0.15, 0.2) is 18.2 Å². The molecule has 0 saturated carbocycles. The predicted molar refractivity (Wildman–Crippen MR) is 69.3 cm³/mol. The van der Waals surface area contributed by atoms with Gasteiger partial charge in [0.15, 0.2) is 0 Å². The number of rotatable bonds is 5. The fourth-order valence-corrected chi connectivity index (χ4v) is 1.84. The van der Waals surface area contributed by atoms with Crippen LogP contribution in [-0.2, 0) is 0 Å². The SMILES string of the molecule is Cc1ccc(C(C)C)cc1OCCSC(F)(F)F. The Morgan fingerprint density at radius 1 is 1.28 bits per heavy atom. The highest BCUT2D eigenvalue weighted by Gasteiger charge is 2.27. The lowest BCUT2D eigenvalue weighted by Crippen LogP contribution is -2.08. The quantitative estimate of drug-likeness (QED) is 0.719. The Bertz CT molecular complexity index is 388. The minimum atomic E-state index is -4.18. The topological polar surface area (TPSA) is 9.23 Å². The predicted octanol–water partition coefficient (Wildman–Crippen LogP) is 4.75. The van der Waals surface area contributed by atoms with Crippen molar-refractivity contribution >= 4 is 11.8 Å². The third-order valence-corrected chi connectivity index (χ3v) is 3.18. The van der Waals surface area contributed by atoms with Crippen LogP contribution >= 0.6 is 11.8 Å². The van der Waals surface area contributed by atoms with Crippen molar-refractivity contribution in [3.63, 3.8) is 0 Å². The second-order valence-electron chi connectivity index (χ2n) is 4.32. The fourth-order valence-electron chi connectivity index (χ4n) is 1.44. The molecule has 0 bridgehead atoms. The highest BCUT2D eigenvalue weighted by Crippen LogP contribution is 2.30. The van der Waals surface area contributed by atoms with Crippen molar-refractivity contribution in [2.45, 2.75) is 32.2 Å². The Morgan fingerprint density at radius 3 is 2.50 bits per heavy atom. The number of alkyl halides is 3. The molecular weight excluding hydrogens is 261 g/mol. The van der Waals surface area contributed by atoms with E-state index in [0.717, 1.165) is 11.1 Å². The first-order chi connectivity index (χ1) is 8.29. The van der Waals surface area contributed by atoms with Gasteiger partial charge in [0.1, 0.15) is 5.75 Å². The van der Waals surface area contributed by atoms with Crippen LogP contribution in [0.3, 0.4) is 0 Å². The van der Waals surface area contributed by atoms with Crippen molar-refractivity contribution in [1.82, 2.24) is 0 Å². The molecule has 1 nitrogen and oxygen atoms in total. The molecule has 18 heavy (non-hydrogen) atoms. The van der Waals surface area contributed by atoms with Gasteiger partial charge < -0.3 is 4.74 Å². The highest BCUT2D eigenvalue weighted by atomic mass is 32.2. The molecule has 1 rings (SSSR count). The lowest BCUT2D eigenvalue weighted by atomic mass is 10.0. The molecule has 0 N–H and O–H groups in total. The minimum Gasteiger partial charge on any atom is -0.492 e. The molecule has 0 saturated heterocycles. The van der Waals surface area contributed by atoms with E-state index >= 15 is 0 Å². The number of ether oxygens (including phenoxy) is 1. The smallest absolute Gasteiger partial charge is 0.441 e. The van der Waals surface area contributed by atoms with Gasteiger partial charge in [-0.2, -0.15) is 13.2 Å². The lowest BCUT2D eigenvalue weighted by molar-refractivity contribution is -0.0329. The third kappa shape index (κ3) is 5.21. The van der Waals surface area contributed by atoms with Gasteiger partial charge in [-0.05, 0) is 41.8 Å². The Balaban J connectivity index is 2.54. The zero-order valence-electron chi connectivity index (χ0n) is 10.7. The standard InChI is InChI=1S/C13H17F3OS/c1-9(2)11-5-4-10(3)12(8-11)17-6-7-18-13(14,15)16/h4-5,8-9H,6-7H2,1-3H3. The van der Waals surface area contributed by atoms with Gasteiger partial charge >= 0.3 is 5.51 Å². The summed E-state index contributed by atoms with van der Waals surface area (Å²) in [6, 6.07) is 5.84. The third-order valence-electron chi connectivity index (χ3n) is 2.49. The molecule has 0 aliphatic rings. The maximum Gasteiger partial charge on any atom is 0.441 e. The van der Waals surface area contributed by atoms with Gasteiger partial charge in [0.05, 0.1) is 6.61 Å². The molecule has 1 aromatic rings. The first-order valence-electron chi connectivity index (χ1n) is 5.73. The number of aryl methyl sites for hydroxylation is 1. The molecule has 0 aliphatic heterocycles. The molecule has 0 aromatic heterocycles. The van der Waals surface area contributed by atoms with E-state index in [4.69, 9.17) is 4.74 Å². The van der Waals surface area contributed by atoms with Gasteiger partial charge in [0, 0.05) is 5.75 Å². The summed E-state index contributed by atoms with van der Waals surface area (Å²) in [6.07, 6.45) is 0. The summed E-state index contributed by atoms with van der Waals surface area (Å²) in [5.41, 5.74) is -2.12. The van der Waals surface area contributed by atoms with E-state index < -0.39 is 5.51 Å². The van der Waals surface area contributed by atoms with Crippen LogP contribution in [0.1, 0.15) is 30.9 Å². The Labute approximate surface area is 110 Å². The number of hydrogen-bond donors (Lipinski definition) is 0. The summed E-state index contributed by atoms with van der Waals surface area (Å²) < 4.78 is 41.2. The van der Waals surface area contributed by atoms with E-state index in [2.05, 4.69) is 13.8 Å². The second-order valence-corrected chi connectivity index (χ2v) is 5.48. The van der Waals surface area contributed by atoms with Crippen LogP contribution in [0.5, 0.6) is 5.75 Å². The summed E-state index contributed by atoms with van der Waals surface area (Å²) in [7, 11) is 0. The Hall–Kier alpha value is -0.840. The zero-order valence-corrected chi connectivity index (χ0v) is 11.5. The van der Waals surface area contributed by atoms with E-state index in [1.165, 1.54) is 0 Å². The molecule has 0 aliphatic carbocycles. The van der Waals surface area contributed by atoms with Gasteiger partial charge in [0.2, 0.25) is 0 Å². The van der Waals surface area contributed by atoms with Crippen LogP contribution in [0.4, 0.5) is 13.2 Å². The monoisotopic (exact) mass is 278 g/mol. The maximum absolute atomic E-state index is 11.9. The molecule has 0 radical (unpaired) electrons. The first-order valence-corrected chi connectivity index (χ1v) is 6.72. The van der Waals surface area contributed by atoms with Crippen LogP contribution in [0, 0.1) is 6.92 Å². The van der Waals surface area contributed by atoms with Crippen LogP contribution < -0.4 is 4.74 Å². The summed E-state index contributed by atoms with van der Waals surface area (Å²) in [6.45, 7) is 6.07. The van der Waals surface area contributed by atoms with Crippen molar-refractivity contribution in [1.29, 1.82) is 0 Å². The van der Waals surface area contributed by atoms with Crippen molar-refractivity contribution in [3.05, 3.63) is 29.3 Å². The number of halogens is 3. The van der Waals surface area contributed by atoms with Crippen LogP contribution in [0.25, 0.3) is 0 Å². The maximum atomic E-state index is 11.9. The first kappa shape index (κ1) is 15.2. The average Bonchev–Trinajstić information content (AvgIpc) is 2.24. The van der Waals surface area contributed by atoms with Gasteiger partial charge in [-0.15, -0.1) is 0 Å². The van der Waals surface area contributed by atoms with E-state index in [9.17, 15) is 13.2 Å². The molecule has 0 unspecified atom stereocenters. The summed E-state index contributed by atoms with van der Waals surface area (Å²) in [5.74, 6) is 0.955. The van der Waals surface area contributed by atoms with E-state index in [1.54, 1.807) is 0 Å². The van der Waals surface area contributed by atoms with Crippen molar-refractivity contribution < 1.29 is 17.9 Å². The molecule has 1 aromatic carbocycles. The normalized spacial score (nSPS) is 11.9. The fraction of sp³-hybridized carbons (Fsp3) is 0.538. The molecule has 5 heteroatoms. The zero-order chi connectivity index (χ0) is 13.8. The molecular formula is C13H17F3OS. The largest absolute Gasteiger partial charge is 0.492 e. The number of hydrogen-bond acceptors (Lipinski definition) is 2. The van der Waals surface area contributed by atoms with Crippen LogP contribution in [-0.4, -0.2) is 17.9 Å². The van der Waals surface area contributed by atoms with Gasteiger partial charge in [-0.3, -0.25) is 0 Å². The summed E-state index contributed by atoms with van der Waals surface area (Å²) >= 11 is -0.0558. The van der Waals surface area contributed by atoms with Gasteiger partial charge in [-0.25, -0.2) is 0 Å². The highest BCUT2D eigenvalue weighted by molar-refractivity contribution is 8.00. The molecule has 0 heterocycles. The van der Waals surface area contributed by atoms with E-state index in [-0.39, 0.29) is 24.1 Å². The van der Waals surface area contributed by atoms with Crippen molar-refractivity contribution in [2.24, 2.45) is 0 Å². The Morgan fingerprint density at radius 2 is 1.94 bits per heavy atom. The molecule has 0 amide bonds. The lowest BCUT2D eigenvalue weighted by Gasteiger charge is -2.13. The van der Waals surface area contributed by atoms with Gasteiger partial charge in [0.25, 0.3) is 0 Å². The Kier molecular flexibility index (Phi) is 5.38. The van der Waals surface area contributed by atoms with E-state index in [1.807, 2.05) is 25.1 Å². The second kappa shape index (κ2) is 6.36. The van der Waals surface area contributed by atoms with Crippen molar-refractivity contribution in [2.75, 3.05) is 12.4 Å². The van der Waals surface area contributed by atoms with E-state index in [0.29, 0.717) is 11.7 Å². The average molecular weight is 278 g/mol. The molecule has 0 atom stereocenters. The van der Waals surface area contributed by atoms with Gasteiger partial charge in [-0.1, -0.05) is 26.0 Å². The van der Waals surface area contributed by atoms with Crippen molar-refractivity contribution in [3.8, 4) is 5.75 Å². The summed E-state index contributed by atoms with van der Waals surface area (Å²) in [4.78, 5) is 0. The molecule has 0 spiro atoms. The number of benzene rings is 1. The minimum absolute atomic E-state index is 0.0558. The molecule has 102 valence electrons. The number of thioether (sulfide) groups is 1. The summed E-state index contributed by atoms with van der Waals surface area (Å²) in [5, 5.41) is 0.